The second-order valence-corrected chi connectivity index (χ2v) is 8.48. The van der Waals surface area contributed by atoms with Gasteiger partial charge in [-0.15, -0.1) is 0 Å². The van der Waals surface area contributed by atoms with Gasteiger partial charge < -0.3 is 14.6 Å². The van der Waals surface area contributed by atoms with Gasteiger partial charge >= 0.3 is 0 Å². The number of nitrogens with zero attached hydrogens (tertiary/aromatic N) is 3. The third-order valence-electron chi connectivity index (χ3n) is 4.54. The van der Waals surface area contributed by atoms with Crippen LogP contribution in [0.15, 0.2) is 47.8 Å². The molecule has 1 aliphatic heterocycles. The highest BCUT2D eigenvalue weighted by molar-refractivity contribution is 7.90. The quantitative estimate of drug-likeness (QED) is 0.753. The zero-order valence-corrected chi connectivity index (χ0v) is 15.2. The Hall–Kier alpha value is -2.45. The van der Waals surface area contributed by atoms with Gasteiger partial charge in [-0.2, -0.15) is 0 Å². The number of nitrogens with one attached hydrogen (secondary N) is 1. The van der Waals surface area contributed by atoms with Crippen molar-refractivity contribution in [3.05, 3.63) is 42.9 Å². The molecule has 7 nitrogen and oxygen atoms in total. The molecular formula is C18H20N4O3S. The molecule has 0 aliphatic carbocycles. The second-order valence-electron chi connectivity index (χ2n) is 6.46. The van der Waals surface area contributed by atoms with Gasteiger partial charge in [0.1, 0.15) is 18.2 Å². The molecular weight excluding hydrogens is 352 g/mol. The Bertz CT molecular complexity index is 1040. The molecule has 0 bridgehead atoms. The van der Waals surface area contributed by atoms with Gasteiger partial charge in [0, 0.05) is 23.9 Å². The molecule has 26 heavy (non-hydrogen) atoms. The van der Waals surface area contributed by atoms with Crippen molar-refractivity contribution in [1.29, 1.82) is 0 Å². The minimum Gasteiger partial charge on any atom is -0.474 e. The number of benzene rings is 1. The van der Waals surface area contributed by atoms with Gasteiger partial charge in [-0.3, -0.25) is 0 Å². The van der Waals surface area contributed by atoms with E-state index in [-0.39, 0.29) is 6.10 Å². The van der Waals surface area contributed by atoms with Gasteiger partial charge in [-0.1, -0.05) is 0 Å². The molecule has 1 saturated heterocycles. The van der Waals surface area contributed by atoms with Crippen molar-refractivity contribution in [3.8, 4) is 11.7 Å². The minimum atomic E-state index is -3.23. The lowest BCUT2D eigenvalue weighted by atomic mass is 10.1. The standard InChI is InChI=1S/C18H20N4O3S/c1-26(23,24)15-2-3-16-13(10-15)6-9-22(16)17-11-18(21-12-20-17)25-14-4-7-19-8-5-14/h2-3,6,9-12,14,19H,4-5,7-8H2,1H3. The number of aromatic nitrogens is 3. The molecule has 0 amide bonds. The Morgan fingerprint density at radius 1 is 1.15 bits per heavy atom. The summed E-state index contributed by atoms with van der Waals surface area (Å²) in [7, 11) is -3.23. The van der Waals surface area contributed by atoms with Crippen molar-refractivity contribution >= 4 is 20.7 Å². The zero-order valence-electron chi connectivity index (χ0n) is 14.4. The summed E-state index contributed by atoms with van der Waals surface area (Å²) in [6, 6.07) is 8.77. The molecule has 4 rings (SSSR count). The van der Waals surface area contributed by atoms with E-state index in [9.17, 15) is 8.42 Å². The van der Waals surface area contributed by atoms with Crippen LogP contribution in [0.4, 0.5) is 0 Å². The normalized spacial score (nSPS) is 16.0. The van der Waals surface area contributed by atoms with Crippen LogP contribution in [0.5, 0.6) is 5.88 Å². The summed E-state index contributed by atoms with van der Waals surface area (Å²) < 4.78 is 31.4. The number of hydrogen-bond acceptors (Lipinski definition) is 6. The van der Waals surface area contributed by atoms with Gasteiger partial charge in [0.2, 0.25) is 5.88 Å². The summed E-state index contributed by atoms with van der Waals surface area (Å²) in [6.07, 6.45) is 6.65. The molecule has 0 spiro atoms. The summed E-state index contributed by atoms with van der Waals surface area (Å²) in [4.78, 5) is 8.87. The van der Waals surface area contributed by atoms with Crippen molar-refractivity contribution in [3.63, 3.8) is 0 Å². The smallest absolute Gasteiger partial charge is 0.218 e. The zero-order chi connectivity index (χ0) is 18.1. The Morgan fingerprint density at radius 3 is 2.73 bits per heavy atom. The number of fused-ring (bicyclic) bond motifs is 1. The molecule has 3 heterocycles. The van der Waals surface area contributed by atoms with Crippen molar-refractivity contribution in [1.82, 2.24) is 19.9 Å². The Balaban J connectivity index is 1.66. The predicted molar refractivity (Wildman–Crippen MR) is 98.5 cm³/mol. The molecule has 0 saturated carbocycles. The first-order valence-corrected chi connectivity index (χ1v) is 10.4. The summed E-state index contributed by atoms with van der Waals surface area (Å²) in [5.41, 5.74) is 0.879. The van der Waals surface area contributed by atoms with Gasteiger partial charge in [0.25, 0.3) is 0 Å². The molecule has 1 N–H and O–H groups in total. The van der Waals surface area contributed by atoms with Crippen LogP contribution in [0.1, 0.15) is 12.8 Å². The lowest BCUT2D eigenvalue weighted by molar-refractivity contribution is 0.155. The fourth-order valence-corrected chi connectivity index (χ4v) is 3.82. The molecule has 0 atom stereocenters. The molecule has 2 aromatic heterocycles. The lowest BCUT2D eigenvalue weighted by Crippen LogP contribution is -2.34. The van der Waals surface area contributed by atoms with Crippen molar-refractivity contribution in [2.24, 2.45) is 0 Å². The summed E-state index contributed by atoms with van der Waals surface area (Å²) in [5, 5.41) is 4.15. The van der Waals surface area contributed by atoms with Crippen LogP contribution in [0.2, 0.25) is 0 Å². The number of piperidine rings is 1. The van der Waals surface area contributed by atoms with Gasteiger partial charge in [-0.05, 0) is 50.2 Å². The van der Waals surface area contributed by atoms with E-state index in [0.717, 1.165) is 36.8 Å². The van der Waals surface area contributed by atoms with Crippen molar-refractivity contribution in [2.45, 2.75) is 23.8 Å². The summed E-state index contributed by atoms with van der Waals surface area (Å²) in [6.45, 7) is 1.90. The van der Waals surface area contributed by atoms with Crippen LogP contribution in [0, 0.1) is 0 Å². The maximum absolute atomic E-state index is 11.7. The van der Waals surface area contributed by atoms with Gasteiger partial charge in [0.05, 0.1) is 10.4 Å². The third kappa shape index (κ3) is 3.42. The molecule has 1 aromatic carbocycles. The lowest BCUT2D eigenvalue weighted by Gasteiger charge is -2.23. The minimum absolute atomic E-state index is 0.165. The molecule has 0 unspecified atom stereocenters. The first-order valence-electron chi connectivity index (χ1n) is 8.52. The van der Waals surface area contributed by atoms with E-state index in [1.807, 2.05) is 22.9 Å². The maximum Gasteiger partial charge on any atom is 0.218 e. The fraction of sp³-hybridized carbons (Fsp3) is 0.333. The van der Waals surface area contributed by atoms with Crippen LogP contribution in [-0.4, -0.2) is 48.4 Å². The van der Waals surface area contributed by atoms with E-state index in [1.54, 1.807) is 18.2 Å². The first-order chi connectivity index (χ1) is 12.5. The number of ether oxygens (including phenoxy) is 1. The number of hydrogen-bond donors (Lipinski definition) is 1. The van der Waals surface area contributed by atoms with Crippen molar-refractivity contribution < 1.29 is 13.2 Å². The van der Waals surface area contributed by atoms with Crippen LogP contribution in [0.3, 0.4) is 0 Å². The van der Waals surface area contributed by atoms with E-state index in [4.69, 9.17) is 4.74 Å². The molecule has 1 fully saturated rings. The number of rotatable bonds is 4. The number of sulfone groups is 1. The van der Waals surface area contributed by atoms with Gasteiger partial charge in [-0.25, -0.2) is 18.4 Å². The highest BCUT2D eigenvalue weighted by Gasteiger charge is 2.16. The van der Waals surface area contributed by atoms with E-state index < -0.39 is 9.84 Å². The van der Waals surface area contributed by atoms with E-state index in [0.29, 0.717) is 16.6 Å². The Morgan fingerprint density at radius 2 is 1.96 bits per heavy atom. The molecule has 3 aromatic rings. The fourth-order valence-electron chi connectivity index (χ4n) is 3.16. The average molecular weight is 372 g/mol. The van der Waals surface area contributed by atoms with Crippen LogP contribution >= 0.6 is 0 Å². The summed E-state index contributed by atoms with van der Waals surface area (Å²) >= 11 is 0. The highest BCUT2D eigenvalue weighted by Crippen LogP contribution is 2.24. The predicted octanol–water partition coefficient (Wildman–Crippen LogP) is 1.95. The Kier molecular flexibility index (Phi) is 4.37. The SMILES string of the molecule is CS(=O)(=O)c1ccc2c(ccn2-c2cc(OC3CCNCC3)ncn2)c1. The monoisotopic (exact) mass is 372 g/mol. The third-order valence-corrected chi connectivity index (χ3v) is 5.65. The summed E-state index contributed by atoms with van der Waals surface area (Å²) in [5.74, 6) is 1.24. The largest absolute Gasteiger partial charge is 0.474 e. The highest BCUT2D eigenvalue weighted by atomic mass is 32.2. The molecule has 136 valence electrons. The van der Waals surface area contributed by atoms with E-state index in [2.05, 4.69) is 15.3 Å². The van der Waals surface area contributed by atoms with Crippen LogP contribution in [-0.2, 0) is 9.84 Å². The Labute approximate surface area is 152 Å². The van der Waals surface area contributed by atoms with Gasteiger partial charge in [0.15, 0.2) is 9.84 Å². The van der Waals surface area contributed by atoms with Crippen molar-refractivity contribution in [2.75, 3.05) is 19.3 Å². The maximum atomic E-state index is 11.7. The molecule has 1 aliphatic rings. The van der Waals surface area contributed by atoms with Crippen LogP contribution in [0.25, 0.3) is 16.7 Å². The van der Waals surface area contributed by atoms with Crippen LogP contribution < -0.4 is 10.1 Å². The molecule has 0 radical (unpaired) electrons. The van der Waals surface area contributed by atoms with E-state index in [1.165, 1.54) is 12.6 Å². The first kappa shape index (κ1) is 17.0. The molecule has 8 heteroatoms. The topological polar surface area (TPSA) is 86.1 Å². The second kappa shape index (κ2) is 6.69. The average Bonchev–Trinajstić information content (AvgIpc) is 3.05. The van der Waals surface area contributed by atoms with E-state index >= 15 is 0 Å².